The Labute approximate surface area is 167 Å². The highest BCUT2D eigenvalue weighted by atomic mass is 35.5. The normalized spacial score (nSPS) is 10.9. The van der Waals surface area contributed by atoms with Crippen LogP contribution in [-0.4, -0.2) is 18.7 Å². The van der Waals surface area contributed by atoms with E-state index in [0.717, 1.165) is 11.3 Å². The van der Waals surface area contributed by atoms with Crippen LogP contribution < -0.4 is 10.7 Å². The number of carbonyl (C=O) groups excluding carboxylic acids is 1. The summed E-state index contributed by atoms with van der Waals surface area (Å²) < 4.78 is 5.67. The smallest absolute Gasteiger partial charge is 0.259 e. The quantitative estimate of drug-likeness (QED) is 0.444. The second kappa shape index (κ2) is 8.75. The molecular weight excluding hydrogens is 385 g/mol. The molecule has 0 aliphatic rings. The van der Waals surface area contributed by atoms with Crippen molar-refractivity contribution in [3.05, 3.63) is 76.0 Å². The van der Waals surface area contributed by atoms with Crippen LogP contribution in [0.5, 0.6) is 0 Å². The summed E-state index contributed by atoms with van der Waals surface area (Å²) >= 11 is 12.2. The number of halogens is 2. The van der Waals surface area contributed by atoms with Crippen molar-refractivity contribution in [1.29, 1.82) is 0 Å². The monoisotopic (exact) mass is 401 g/mol. The fourth-order valence-corrected chi connectivity index (χ4v) is 2.80. The molecule has 3 rings (SSSR count). The molecule has 0 atom stereocenters. The molecule has 0 bridgehead atoms. The van der Waals surface area contributed by atoms with Crippen molar-refractivity contribution in [1.82, 2.24) is 5.43 Å². The van der Waals surface area contributed by atoms with Gasteiger partial charge in [-0.2, -0.15) is 5.10 Å². The number of hydrogen-bond donors (Lipinski definition) is 2. The van der Waals surface area contributed by atoms with Gasteiger partial charge < -0.3 is 9.73 Å². The number of benzene rings is 2. The third-order valence-corrected chi connectivity index (χ3v) is 4.51. The zero-order chi connectivity index (χ0) is 19.2. The van der Waals surface area contributed by atoms with Crippen LogP contribution in [0.1, 0.15) is 11.3 Å². The Hall–Kier alpha value is -2.76. The molecule has 0 aliphatic heterocycles. The predicted molar refractivity (Wildman–Crippen MR) is 110 cm³/mol. The van der Waals surface area contributed by atoms with Crippen molar-refractivity contribution in [3.8, 4) is 11.3 Å². The molecule has 1 aromatic heterocycles. The van der Waals surface area contributed by atoms with E-state index in [2.05, 4.69) is 15.8 Å². The van der Waals surface area contributed by atoms with E-state index < -0.39 is 0 Å². The maximum Gasteiger partial charge on any atom is 0.259 e. The van der Waals surface area contributed by atoms with Crippen LogP contribution in [0.25, 0.3) is 11.3 Å². The zero-order valence-electron chi connectivity index (χ0n) is 14.5. The van der Waals surface area contributed by atoms with Gasteiger partial charge in [0.15, 0.2) is 0 Å². The number of anilines is 1. The van der Waals surface area contributed by atoms with Crippen LogP contribution in [0.3, 0.4) is 0 Å². The number of hydrogen-bond acceptors (Lipinski definition) is 4. The van der Waals surface area contributed by atoms with E-state index in [4.69, 9.17) is 27.6 Å². The summed E-state index contributed by atoms with van der Waals surface area (Å²) in [7, 11) is 0. The van der Waals surface area contributed by atoms with E-state index in [1.807, 2.05) is 37.3 Å². The molecule has 0 fully saturated rings. The van der Waals surface area contributed by atoms with Crippen LogP contribution in [0.4, 0.5) is 5.69 Å². The van der Waals surface area contributed by atoms with Crippen molar-refractivity contribution >= 4 is 41.0 Å². The fourth-order valence-electron chi connectivity index (χ4n) is 2.41. The minimum absolute atomic E-state index is 0.113. The molecule has 27 heavy (non-hydrogen) atoms. The second-order valence-corrected chi connectivity index (χ2v) is 6.60. The first-order chi connectivity index (χ1) is 13.0. The summed E-state index contributed by atoms with van der Waals surface area (Å²) in [5, 5.41) is 7.81. The van der Waals surface area contributed by atoms with E-state index in [9.17, 15) is 4.79 Å². The number of nitrogens with one attached hydrogen (secondary N) is 2. The van der Waals surface area contributed by atoms with Crippen LogP contribution in [-0.2, 0) is 4.79 Å². The van der Waals surface area contributed by atoms with E-state index in [1.165, 1.54) is 6.21 Å². The lowest BCUT2D eigenvalue weighted by Crippen LogP contribution is -2.25. The van der Waals surface area contributed by atoms with E-state index >= 15 is 0 Å². The summed E-state index contributed by atoms with van der Waals surface area (Å²) in [5.41, 5.74) is 5.13. The van der Waals surface area contributed by atoms with Crippen molar-refractivity contribution in [2.24, 2.45) is 5.10 Å². The van der Waals surface area contributed by atoms with Gasteiger partial charge in [0.2, 0.25) is 0 Å². The van der Waals surface area contributed by atoms with Gasteiger partial charge in [-0.05, 0) is 48.9 Å². The van der Waals surface area contributed by atoms with E-state index in [-0.39, 0.29) is 12.5 Å². The van der Waals surface area contributed by atoms with Gasteiger partial charge in [0, 0.05) is 11.3 Å². The molecule has 3 aromatic rings. The average Bonchev–Trinajstić information content (AvgIpc) is 3.11. The lowest BCUT2D eigenvalue weighted by atomic mass is 10.2. The summed E-state index contributed by atoms with van der Waals surface area (Å²) in [5.74, 6) is 0.779. The second-order valence-electron chi connectivity index (χ2n) is 5.82. The first kappa shape index (κ1) is 19.0. The molecule has 0 unspecified atom stereocenters. The van der Waals surface area contributed by atoms with Crippen molar-refractivity contribution in [2.75, 3.05) is 11.9 Å². The zero-order valence-corrected chi connectivity index (χ0v) is 16.0. The molecule has 0 spiro atoms. The molecule has 0 aliphatic carbocycles. The molecule has 5 nitrogen and oxygen atoms in total. The van der Waals surface area contributed by atoms with Gasteiger partial charge in [-0.1, -0.05) is 41.4 Å². The molecule has 1 heterocycles. The van der Waals surface area contributed by atoms with Crippen molar-refractivity contribution in [3.63, 3.8) is 0 Å². The third kappa shape index (κ3) is 5.12. The van der Waals surface area contributed by atoms with Gasteiger partial charge in [0.1, 0.15) is 11.5 Å². The van der Waals surface area contributed by atoms with Gasteiger partial charge in [-0.25, -0.2) is 5.43 Å². The van der Waals surface area contributed by atoms with E-state index in [1.54, 1.807) is 24.3 Å². The lowest BCUT2D eigenvalue weighted by Gasteiger charge is -2.05. The molecule has 0 saturated heterocycles. The Morgan fingerprint density at radius 3 is 2.78 bits per heavy atom. The number of aryl methyl sites for hydroxylation is 1. The maximum absolute atomic E-state index is 11.9. The van der Waals surface area contributed by atoms with E-state index in [0.29, 0.717) is 27.1 Å². The number of nitrogens with zero attached hydrogens (tertiary/aromatic N) is 1. The maximum atomic E-state index is 11.9. The number of carbonyl (C=O) groups is 1. The minimum atomic E-state index is -0.266. The Kier molecular flexibility index (Phi) is 6.16. The predicted octanol–water partition coefficient (Wildman–Crippen LogP) is 5.12. The summed E-state index contributed by atoms with van der Waals surface area (Å²) in [6, 6.07) is 16.6. The molecule has 0 saturated carbocycles. The lowest BCUT2D eigenvalue weighted by molar-refractivity contribution is -0.119. The van der Waals surface area contributed by atoms with Crippen LogP contribution in [0.15, 0.2) is 64.1 Å². The van der Waals surface area contributed by atoms with Crippen LogP contribution in [0.2, 0.25) is 10.0 Å². The minimum Gasteiger partial charge on any atom is -0.455 e. The SMILES string of the molecule is Cc1cccc(NCC(=O)N/N=C\c2ccc(-c3cccc(Cl)c3Cl)o2)c1. The topological polar surface area (TPSA) is 66.6 Å². The number of hydrazone groups is 1. The molecule has 0 radical (unpaired) electrons. The molecule has 7 heteroatoms. The molecular formula is C20H17Cl2N3O2. The molecule has 138 valence electrons. The third-order valence-electron chi connectivity index (χ3n) is 3.70. The number of rotatable bonds is 6. The Balaban J connectivity index is 1.55. The first-order valence-electron chi connectivity index (χ1n) is 8.19. The van der Waals surface area contributed by atoms with Gasteiger partial charge in [-0.3, -0.25) is 4.79 Å². The van der Waals surface area contributed by atoms with Gasteiger partial charge in [0.25, 0.3) is 5.91 Å². The first-order valence-corrected chi connectivity index (χ1v) is 8.95. The Morgan fingerprint density at radius 1 is 1.15 bits per heavy atom. The standard InChI is InChI=1S/C20H17Cl2N3O2/c1-13-4-2-5-14(10-13)23-12-19(26)25-24-11-15-8-9-18(27-15)16-6-3-7-17(21)20(16)22/h2-11,23H,12H2,1H3,(H,25,26)/b24-11-. The van der Waals surface area contributed by atoms with Crippen molar-refractivity contribution in [2.45, 2.75) is 6.92 Å². The molecule has 2 aromatic carbocycles. The van der Waals surface area contributed by atoms with Gasteiger partial charge >= 0.3 is 0 Å². The largest absolute Gasteiger partial charge is 0.455 e. The Morgan fingerprint density at radius 2 is 1.96 bits per heavy atom. The summed E-state index contributed by atoms with van der Waals surface area (Å²) in [4.78, 5) is 11.9. The highest BCUT2D eigenvalue weighted by molar-refractivity contribution is 6.43. The van der Waals surface area contributed by atoms with Gasteiger partial charge in [-0.15, -0.1) is 0 Å². The molecule has 2 N–H and O–H groups in total. The summed E-state index contributed by atoms with van der Waals surface area (Å²) in [6.07, 6.45) is 1.42. The Bertz CT molecular complexity index is 983. The van der Waals surface area contributed by atoms with Crippen molar-refractivity contribution < 1.29 is 9.21 Å². The highest BCUT2D eigenvalue weighted by Crippen LogP contribution is 2.34. The number of furan rings is 1. The highest BCUT2D eigenvalue weighted by Gasteiger charge is 2.10. The molecule has 1 amide bonds. The average molecular weight is 402 g/mol. The van der Waals surface area contributed by atoms with Crippen LogP contribution >= 0.6 is 23.2 Å². The van der Waals surface area contributed by atoms with Crippen LogP contribution in [0, 0.1) is 6.92 Å². The van der Waals surface area contributed by atoms with Gasteiger partial charge in [0.05, 0.1) is 22.8 Å². The summed E-state index contributed by atoms with van der Waals surface area (Å²) in [6.45, 7) is 2.10. The fraction of sp³-hybridized carbons (Fsp3) is 0.100. The number of amides is 1.